The zero-order chi connectivity index (χ0) is 13.8. The van der Waals surface area contributed by atoms with E-state index in [4.69, 9.17) is 4.74 Å². The fourth-order valence-electron chi connectivity index (χ4n) is 2.59. The summed E-state index contributed by atoms with van der Waals surface area (Å²) in [5.41, 5.74) is 1.07. The molecule has 1 aliphatic heterocycles. The molecule has 19 heavy (non-hydrogen) atoms. The standard InChI is InChI=1S/C16H20O3/c1-3-12-9-10-14(11(2)16(17)18)19-15(12)13-7-5-4-6-8-13/h3-8,11-12,14-15H,1,9-10H2,2H3,(H,17,18)/p-1/t11?,12-,14+,15-/m1/s1. The number of carboxylic acid groups (broad SMARTS) is 1. The molecule has 2 rings (SSSR count). The lowest BCUT2D eigenvalue weighted by atomic mass is 9.85. The predicted octanol–water partition coefficient (Wildman–Crippen LogP) is 2.09. The summed E-state index contributed by atoms with van der Waals surface area (Å²) in [7, 11) is 0. The number of carbonyl (C=O) groups excluding carboxylic acids is 1. The molecule has 1 saturated heterocycles. The largest absolute Gasteiger partial charge is 0.550 e. The highest BCUT2D eigenvalue weighted by Gasteiger charge is 2.33. The Balaban J connectivity index is 2.18. The van der Waals surface area contributed by atoms with Crippen LogP contribution in [0.4, 0.5) is 0 Å². The van der Waals surface area contributed by atoms with Gasteiger partial charge in [-0.1, -0.05) is 43.3 Å². The Kier molecular flexibility index (Phi) is 4.38. The average molecular weight is 259 g/mol. The minimum absolute atomic E-state index is 0.112. The first kappa shape index (κ1) is 13.8. The topological polar surface area (TPSA) is 49.4 Å². The molecule has 4 atom stereocenters. The maximum atomic E-state index is 11.0. The molecular formula is C16H19O3-. The Morgan fingerprint density at radius 2 is 2.11 bits per heavy atom. The van der Waals surface area contributed by atoms with Crippen molar-refractivity contribution in [3.8, 4) is 0 Å². The smallest absolute Gasteiger partial charge is 0.0891 e. The van der Waals surface area contributed by atoms with E-state index in [1.54, 1.807) is 6.92 Å². The van der Waals surface area contributed by atoms with E-state index >= 15 is 0 Å². The van der Waals surface area contributed by atoms with E-state index in [0.29, 0.717) is 0 Å². The van der Waals surface area contributed by atoms with E-state index in [1.807, 2.05) is 36.4 Å². The second-order valence-corrected chi connectivity index (χ2v) is 5.09. The third kappa shape index (κ3) is 3.04. The van der Waals surface area contributed by atoms with Gasteiger partial charge in [-0.2, -0.15) is 0 Å². The van der Waals surface area contributed by atoms with Crippen LogP contribution in [0.3, 0.4) is 0 Å². The van der Waals surface area contributed by atoms with Crippen LogP contribution >= 0.6 is 0 Å². The van der Waals surface area contributed by atoms with E-state index in [0.717, 1.165) is 18.4 Å². The summed E-state index contributed by atoms with van der Waals surface area (Å²) in [6.45, 7) is 5.51. The van der Waals surface area contributed by atoms with Gasteiger partial charge in [0.25, 0.3) is 0 Å². The lowest BCUT2D eigenvalue weighted by Gasteiger charge is -2.38. The van der Waals surface area contributed by atoms with Crippen LogP contribution in [0, 0.1) is 11.8 Å². The maximum Gasteiger partial charge on any atom is 0.0891 e. The summed E-state index contributed by atoms with van der Waals surface area (Å²) in [5.74, 6) is -1.40. The van der Waals surface area contributed by atoms with Crippen LogP contribution in [0.1, 0.15) is 31.4 Å². The fourth-order valence-corrected chi connectivity index (χ4v) is 2.59. The third-order valence-corrected chi connectivity index (χ3v) is 3.86. The van der Waals surface area contributed by atoms with Gasteiger partial charge in [0, 0.05) is 17.8 Å². The fraction of sp³-hybridized carbons (Fsp3) is 0.438. The number of aliphatic carboxylic acids is 1. The second-order valence-electron chi connectivity index (χ2n) is 5.09. The van der Waals surface area contributed by atoms with Gasteiger partial charge >= 0.3 is 0 Å². The van der Waals surface area contributed by atoms with Gasteiger partial charge < -0.3 is 14.6 Å². The number of hydrogen-bond donors (Lipinski definition) is 0. The van der Waals surface area contributed by atoms with Crippen LogP contribution in [0.15, 0.2) is 43.0 Å². The lowest BCUT2D eigenvalue weighted by Crippen LogP contribution is -2.41. The molecule has 0 aliphatic carbocycles. The number of benzene rings is 1. The van der Waals surface area contributed by atoms with E-state index < -0.39 is 11.9 Å². The number of ether oxygens (including phenoxy) is 1. The molecule has 1 heterocycles. The van der Waals surface area contributed by atoms with Crippen molar-refractivity contribution >= 4 is 5.97 Å². The van der Waals surface area contributed by atoms with Gasteiger partial charge in [-0.3, -0.25) is 0 Å². The van der Waals surface area contributed by atoms with Crippen molar-refractivity contribution in [3.05, 3.63) is 48.6 Å². The van der Waals surface area contributed by atoms with Crippen molar-refractivity contribution in [1.82, 2.24) is 0 Å². The Morgan fingerprint density at radius 3 is 2.68 bits per heavy atom. The Hall–Kier alpha value is -1.61. The van der Waals surface area contributed by atoms with Gasteiger partial charge in [-0.15, -0.1) is 6.58 Å². The van der Waals surface area contributed by atoms with Gasteiger partial charge in [0.05, 0.1) is 12.2 Å². The van der Waals surface area contributed by atoms with Gasteiger partial charge in [0.2, 0.25) is 0 Å². The highest BCUT2D eigenvalue weighted by Crippen LogP contribution is 2.38. The molecule has 1 aromatic rings. The van der Waals surface area contributed by atoms with Gasteiger partial charge in [-0.05, 0) is 18.4 Å². The lowest BCUT2D eigenvalue weighted by molar-refractivity contribution is -0.315. The van der Waals surface area contributed by atoms with Crippen molar-refractivity contribution in [2.24, 2.45) is 11.8 Å². The summed E-state index contributed by atoms with van der Waals surface area (Å²) < 4.78 is 6.01. The molecule has 3 heteroatoms. The third-order valence-electron chi connectivity index (χ3n) is 3.86. The molecule has 102 valence electrons. The normalized spacial score (nSPS) is 28.6. The molecule has 1 aliphatic rings. The second kappa shape index (κ2) is 6.02. The Morgan fingerprint density at radius 1 is 1.42 bits per heavy atom. The number of hydrogen-bond acceptors (Lipinski definition) is 3. The molecule has 0 bridgehead atoms. The summed E-state index contributed by atoms with van der Waals surface area (Å²) in [5, 5.41) is 11.0. The van der Waals surface area contributed by atoms with Crippen molar-refractivity contribution in [2.45, 2.75) is 32.0 Å². The molecule has 1 aromatic carbocycles. The molecule has 0 amide bonds. The van der Waals surface area contributed by atoms with Gasteiger partial charge in [-0.25, -0.2) is 0 Å². The van der Waals surface area contributed by atoms with Crippen LogP contribution in [0.5, 0.6) is 0 Å². The quantitative estimate of drug-likeness (QED) is 0.778. The Bertz CT molecular complexity index is 441. The SMILES string of the molecule is C=C[C@@H]1CC[C@@H](C(C)C(=O)[O-])O[C@H]1c1ccccc1. The van der Waals surface area contributed by atoms with Gasteiger partial charge in [0.1, 0.15) is 0 Å². The molecule has 0 spiro atoms. The van der Waals surface area contributed by atoms with Crippen molar-refractivity contribution in [1.29, 1.82) is 0 Å². The molecule has 3 nitrogen and oxygen atoms in total. The van der Waals surface area contributed by atoms with Crippen LogP contribution in [-0.4, -0.2) is 12.1 Å². The highest BCUT2D eigenvalue weighted by molar-refractivity contribution is 5.67. The van der Waals surface area contributed by atoms with Crippen molar-refractivity contribution < 1.29 is 14.6 Å². The highest BCUT2D eigenvalue weighted by atomic mass is 16.5. The molecule has 1 unspecified atom stereocenters. The van der Waals surface area contributed by atoms with Crippen LogP contribution in [0.25, 0.3) is 0 Å². The van der Waals surface area contributed by atoms with E-state index in [1.165, 1.54) is 0 Å². The summed E-state index contributed by atoms with van der Waals surface area (Å²) >= 11 is 0. The van der Waals surface area contributed by atoms with Crippen LogP contribution < -0.4 is 5.11 Å². The molecule has 0 radical (unpaired) electrons. The first-order valence-electron chi connectivity index (χ1n) is 6.67. The molecule has 0 N–H and O–H groups in total. The van der Waals surface area contributed by atoms with E-state index in [-0.39, 0.29) is 18.1 Å². The minimum Gasteiger partial charge on any atom is -0.550 e. The monoisotopic (exact) mass is 259 g/mol. The number of rotatable bonds is 4. The van der Waals surface area contributed by atoms with Crippen LogP contribution in [-0.2, 0) is 9.53 Å². The van der Waals surface area contributed by atoms with Gasteiger partial charge in [0.15, 0.2) is 0 Å². The average Bonchev–Trinajstić information content (AvgIpc) is 2.46. The first-order valence-corrected chi connectivity index (χ1v) is 6.67. The molecule has 0 saturated carbocycles. The summed E-state index contributed by atoms with van der Waals surface area (Å²) in [4.78, 5) is 11.0. The summed E-state index contributed by atoms with van der Waals surface area (Å²) in [6, 6.07) is 9.90. The van der Waals surface area contributed by atoms with E-state index in [2.05, 4.69) is 6.58 Å². The zero-order valence-corrected chi connectivity index (χ0v) is 11.1. The number of carboxylic acids is 1. The van der Waals surface area contributed by atoms with Crippen molar-refractivity contribution in [2.75, 3.05) is 0 Å². The first-order chi connectivity index (χ1) is 9.13. The number of carbonyl (C=O) groups is 1. The molecule has 0 aromatic heterocycles. The van der Waals surface area contributed by atoms with Crippen LogP contribution in [0.2, 0.25) is 0 Å². The molecule has 1 fully saturated rings. The zero-order valence-electron chi connectivity index (χ0n) is 11.1. The Labute approximate surface area is 113 Å². The van der Waals surface area contributed by atoms with E-state index in [9.17, 15) is 9.90 Å². The minimum atomic E-state index is -1.05. The van der Waals surface area contributed by atoms with Crippen molar-refractivity contribution in [3.63, 3.8) is 0 Å². The summed E-state index contributed by atoms with van der Waals surface area (Å²) in [6.07, 6.45) is 3.13. The molecular weight excluding hydrogens is 240 g/mol. The maximum absolute atomic E-state index is 11.0. The predicted molar refractivity (Wildman–Crippen MR) is 71.1 cm³/mol.